The Hall–Kier alpha value is -1.96. The number of ether oxygens (including phenoxy) is 1. The van der Waals surface area contributed by atoms with Gasteiger partial charge in [0.25, 0.3) is 0 Å². The first-order chi connectivity index (χ1) is 9.31. The van der Waals surface area contributed by atoms with Crippen molar-refractivity contribution in [2.45, 2.75) is 19.9 Å². The fraction of sp³-hybridized carbons (Fsp3) is 0.455. The third kappa shape index (κ3) is 4.02. The lowest BCUT2D eigenvalue weighted by Gasteiger charge is -2.08. The van der Waals surface area contributed by atoms with Gasteiger partial charge in [0, 0.05) is 18.1 Å². The van der Waals surface area contributed by atoms with Crippen molar-refractivity contribution in [3.63, 3.8) is 0 Å². The molecule has 0 fully saturated rings. The Bertz CT molecular complexity index is 504. The number of nitrogens with one attached hydrogen (secondary N) is 2. The fourth-order valence-electron chi connectivity index (χ4n) is 1.30. The summed E-state index contributed by atoms with van der Waals surface area (Å²) in [4.78, 5) is 17.7. The van der Waals surface area contributed by atoms with E-state index in [1.165, 1.54) is 0 Å². The first-order valence-corrected chi connectivity index (χ1v) is 6.87. The van der Waals surface area contributed by atoms with E-state index < -0.39 is 0 Å². The zero-order chi connectivity index (χ0) is 13.5. The van der Waals surface area contributed by atoms with Gasteiger partial charge >= 0.3 is 6.01 Å². The predicted molar refractivity (Wildman–Crippen MR) is 74.6 cm³/mol. The average molecular weight is 280 g/mol. The first kappa shape index (κ1) is 13.5. The highest BCUT2D eigenvalue weighted by atomic mass is 32.1. The van der Waals surface area contributed by atoms with Crippen molar-refractivity contribution in [2.75, 3.05) is 24.3 Å². The highest BCUT2D eigenvalue weighted by Gasteiger charge is 2.06. The molecule has 0 saturated heterocycles. The summed E-state index contributed by atoms with van der Waals surface area (Å²) in [5, 5.41) is 6.01. The van der Waals surface area contributed by atoms with Crippen molar-refractivity contribution in [1.82, 2.24) is 19.9 Å². The van der Waals surface area contributed by atoms with Crippen molar-refractivity contribution in [3.05, 3.63) is 16.6 Å². The maximum Gasteiger partial charge on any atom is 0.323 e. The van der Waals surface area contributed by atoms with Crippen molar-refractivity contribution in [3.8, 4) is 6.01 Å². The molecule has 0 saturated carbocycles. The standard InChI is InChI=1S/C11H16N6OS/c1-3-4-18-11-16-9(12-2)15-10(17-11)14-6-8-5-13-7-19-8/h5,7H,3-4,6H2,1-2H3,(H2,12,14,15,16,17). The van der Waals surface area contributed by atoms with Gasteiger partial charge in [0.2, 0.25) is 11.9 Å². The Morgan fingerprint density at radius 2 is 2.11 bits per heavy atom. The number of anilines is 2. The van der Waals surface area contributed by atoms with Crippen molar-refractivity contribution in [2.24, 2.45) is 0 Å². The molecule has 2 heterocycles. The Morgan fingerprint density at radius 3 is 2.79 bits per heavy atom. The molecule has 0 spiro atoms. The van der Waals surface area contributed by atoms with Crippen molar-refractivity contribution >= 4 is 23.2 Å². The maximum absolute atomic E-state index is 5.42. The molecule has 19 heavy (non-hydrogen) atoms. The second-order valence-electron chi connectivity index (χ2n) is 3.68. The van der Waals surface area contributed by atoms with E-state index in [9.17, 15) is 0 Å². The average Bonchev–Trinajstić information content (AvgIpc) is 2.96. The van der Waals surface area contributed by atoms with Crippen molar-refractivity contribution in [1.29, 1.82) is 0 Å². The molecule has 2 N–H and O–H groups in total. The van der Waals surface area contributed by atoms with Crippen LogP contribution in [0.1, 0.15) is 18.2 Å². The molecule has 0 bridgehead atoms. The number of hydrogen-bond acceptors (Lipinski definition) is 8. The van der Waals surface area contributed by atoms with Gasteiger partial charge in [-0.3, -0.25) is 4.98 Å². The van der Waals surface area contributed by atoms with Gasteiger partial charge in [0.1, 0.15) is 0 Å². The molecular formula is C11H16N6OS. The van der Waals surface area contributed by atoms with Gasteiger partial charge in [-0.25, -0.2) is 0 Å². The summed E-state index contributed by atoms with van der Waals surface area (Å²) < 4.78 is 5.42. The highest BCUT2D eigenvalue weighted by molar-refractivity contribution is 7.09. The van der Waals surface area contributed by atoms with E-state index in [-0.39, 0.29) is 0 Å². The zero-order valence-electron chi connectivity index (χ0n) is 10.9. The van der Waals surface area contributed by atoms with Crippen LogP contribution in [0.2, 0.25) is 0 Å². The Morgan fingerprint density at radius 1 is 1.26 bits per heavy atom. The van der Waals surface area contributed by atoms with Crippen LogP contribution in [-0.2, 0) is 6.54 Å². The minimum absolute atomic E-state index is 0.327. The summed E-state index contributed by atoms with van der Waals surface area (Å²) in [6.07, 6.45) is 2.72. The van der Waals surface area contributed by atoms with Gasteiger partial charge in [0.05, 0.1) is 18.7 Å². The molecule has 102 valence electrons. The number of aromatic nitrogens is 4. The molecule has 2 aromatic heterocycles. The molecule has 0 radical (unpaired) electrons. The molecule has 2 rings (SSSR count). The van der Waals surface area contributed by atoms with Crippen LogP contribution in [0.5, 0.6) is 6.01 Å². The van der Waals surface area contributed by atoms with Crippen LogP contribution in [0, 0.1) is 0 Å². The van der Waals surface area contributed by atoms with Crippen molar-refractivity contribution < 1.29 is 4.74 Å². The van der Waals surface area contributed by atoms with Crippen LogP contribution in [0.3, 0.4) is 0 Å². The maximum atomic E-state index is 5.42. The topological polar surface area (TPSA) is 84.9 Å². The molecule has 0 aliphatic heterocycles. The SMILES string of the molecule is CCCOc1nc(NC)nc(NCc2cncs2)n1. The van der Waals surface area contributed by atoms with Crippen LogP contribution in [0.15, 0.2) is 11.7 Å². The quantitative estimate of drug-likeness (QED) is 0.799. The van der Waals surface area contributed by atoms with Crippen LogP contribution in [0.25, 0.3) is 0 Å². The number of thiazole rings is 1. The monoisotopic (exact) mass is 280 g/mol. The Balaban J connectivity index is 2.05. The molecule has 0 aromatic carbocycles. The predicted octanol–water partition coefficient (Wildman–Crippen LogP) is 1.77. The molecule has 0 aliphatic rings. The second kappa shape index (κ2) is 6.83. The largest absolute Gasteiger partial charge is 0.463 e. The number of hydrogen-bond donors (Lipinski definition) is 2. The summed E-state index contributed by atoms with van der Waals surface area (Å²) in [7, 11) is 1.76. The van der Waals surface area contributed by atoms with Gasteiger partial charge in [-0.15, -0.1) is 11.3 Å². The van der Waals surface area contributed by atoms with Crippen LogP contribution < -0.4 is 15.4 Å². The van der Waals surface area contributed by atoms with Crippen LogP contribution in [-0.4, -0.2) is 33.6 Å². The summed E-state index contributed by atoms with van der Waals surface area (Å²) in [6, 6.07) is 0.327. The van der Waals surface area contributed by atoms with E-state index in [2.05, 4.69) is 30.6 Å². The van der Waals surface area contributed by atoms with Gasteiger partial charge < -0.3 is 15.4 Å². The van der Waals surface area contributed by atoms with Gasteiger partial charge in [0.15, 0.2) is 0 Å². The lowest BCUT2D eigenvalue weighted by atomic mass is 10.5. The Kier molecular flexibility index (Phi) is 4.85. The van der Waals surface area contributed by atoms with Crippen LogP contribution in [0.4, 0.5) is 11.9 Å². The van der Waals surface area contributed by atoms with Crippen LogP contribution >= 0.6 is 11.3 Å². The highest BCUT2D eigenvalue weighted by Crippen LogP contribution is 2.13. The summed E-state index contributed by atoms with van der Waals surface area (Å²) in [5.41, 5.74) is 1.79. The normalized spacial score (nSPS) is 10.2. The lowest BCUT2D eigenvalue weighted by Crippen LogP contribution is -2.09. The van der Waals surface area contributed by atoms with E-state index >= 15 is 0 Å². The molecule has 0 amide bonds. The van der Waals surface area contributed by atoms with Gasteiger partial charge in [-0.1, -0.05) is 6.92 Å². The molecule has 2 aromatic rings. The van der Waals surface area contributed by atoms with E-state index in [4.69, 9.17) is 4.74 Å². The third-order valence-electron chi connectivity index (χ3n) is 2.18. The fourth-order valence-corrected chi connectivity index (χ4v) is 1.84. The lowest BCUT2D eigenvalue weighted by molar-refractivity contribution is 0.292. The van der Waals surface area contributed by atoms with E-state index in [1.807, 2.05) is 13.1 Å². The number of rotatable bonds is 7. The summed E-state index contributed by atoms with van der Waals surface area (Å²) in [6.45, 7) is 3.25. The molecule has 0 unspecified atom stereocenters. The molecule has 8 heteroatoms. The minimum atomic E-state index is 0.327. The Labute approximate surface area is 115 Å². The zero-order valence-corrected chi connectivity index (χ0v) is 11.7. The minimum Gasteiger partial charge on any atom is -0.463 e. The van der Waals surface area contributed by atoms with E-state index in [0.29, 0.717) is 31.1 Å². The third-order valence-corrected chi connectivity index (χ3v) is 2.96. The summed E-state index contributed by atoms with van der Waals surface area (Å²) in [5.74, 6) is 0.965. The number of nitrogens with zero attached hydrogens (tertiary/aromatic N) is 4. The summed E-state index contributed by atoms with van der Waals surface area (Å²) >= 11 is 1.58. The van der Waals surface area contributed by atoms with Gasteiger partial charge in [-0.2, -0.15) is 15.0 Å². The molecule has 7 nitrogen and oxygen atoms in total. The second-order valence-corrected chi connectivity index (χ2v) is 4.66. The molecular weight excluding hydrogens is 264 g/mol. The van der Waals surface area contributed by atoms with Gasteiger partial charge in [-0.05, 0) is 6.42 Å². The smallest absolute Gasteiger partial charge is 0.323 e. The molecule has 0 atom stereocenters. The van der Waals surface area contributed by atoms with E-state index in [1.54, 1.807) is 23.9 Å². The molecule has 0 aliphatic carbocycles. The van der Waals surface area contributed by atoms with E-state index in [0.717, 1.165) is 11.3 Å². The first-order valence-electron chi connectivity index (χ1n) is 5.99.